The Kier molecular flexibility index (Phi) is 5.25. The Balaban J connectivity index is 1.61. The molecule has 1 aromatic heterocycles. The second kappa shape index (κ2) is 7.59. The summed E-state index contributed by atoms with van der Waals surface area (Å²) in [6.07, 6.45) is 2.77. The van der Waals surface area contributed by atoms with E-state index in [4.69, 9.17) is 10.5 Å². The fraction of sp³-hybridized carbons (Fsp3) is 0.421. The highest BCUT2D eigenvalue weighted by Crippen LogP contribution is 2.28. The number of carbonyl (C=O) groups excluding carboxylic acids is 2. The van der Waals surface area contributed by atoms with Gasteiger partial charge in [0.05, 0.1) is 5.92 Å². The molecule has 2 aromatic rings. The summed E-state index contributed by atoms with van der Waals surface area (Å²) in [5.74, 6) is -0.285. The van der Waals surface area contributed by atoms with Gasteiger partial charge in [-0.05, 0) is 50.3 Å². The predicted molar refractivity (Wildman–Crippen MR) is 96.4 cm³/mol. The number of nitrogens with one attached hydrogen (secondary N) is 1. The molecule has 1 aromatic carbocycles. The summed E-state index contributed by atoms with van der Waals surface area (Å²) in [5, 5.41) is 13.4. The number of nitrogens with two attached hydrogens (primary N) is 1. The fourth-order valence-corrected chi connectivity index (χ4v) is 3.43. The summed E-state index contributed by atoms with van der Waals surface area (Å²) in [7, 11) is 0. The number of benzene rings is 1. The van der Waals surface area contributed by atoms with Gasteiger partial charge in [0, 0.05) is 17.1 Å². The van der Waals surface area contributed by atoms with E-state index in [2.05, 4.69) is 10.3 Å². The molecule has 4 N–H and O–H groups in total. The third kappa shape index (κ3) is 4.04. The SMILES string of the molecule is Cc1ccc2c(COC(=O)C3CCC(NC(N)=O)CC3)ccc(O)c2n1. The molecule has 0 atom stereocenters. The second-order valence-electron chi connectivity index (χ2n) is 6.76. The summed E-state index contributed by atoms with van der Waals surface area (Å²) >= 11 is 0. The van der Waals surface area contributed by atoms with E-state index in [0.29, 0.717) is 31.2 Å². The molecule has 26 heavy (non-hydrogen) atoms. The van der Waals surface area contributed by atoms with Crippen molar-refractivity contribution in [1.29, 1.82) is 0 Å². The first-order chi connectivity index (χ1) is 12.4. The standard InChI is InChI=1S/C19H23N3O4/c1-11-2-8-15-13(5-9-16(23)17(15)21-11)10-26-18(24)12-3-6-14(7-4-12)22-19(20)25/h2,5,8-9,12,14,23H,3-4,6-7,10H2,1H3,(H3,20,22,25). The number of urea groups is 1. The van der Waals surface area contributed by atoms with Gasteiger partial charge in [0.15, 0.2) is 0 Å². The smallest absolute Gasteiger partial charge is 0.312 e. The van der Waals surface area contributed by atoms with Gasteiger partial charge in [0.2, 0.25) is 0 Å². The molecule has 2 amide bonds. The van der Waals surface area contributed by atoms with Crippen LogP contribution in [0.5, 0.6) is 5.75 Å². The van der Waals surface area contributed by atoms with Crippen LogP contribution in [0, 0.1) is 12.8 Å². The van der Waals surface area contributed by atoms with Crippen LogP contribution in [0.15, 0.2) is 24.3 Å². The minimum absolute atomic E-state index is 0.0342. The molecule has 0 spiro atoms. The molecule has 138 valence electrons. The first-order valence-electron chi connectivity index (χ1n) is 8.75. The average molecular weight is 357 g/mol. The van der Waals surface area contributed by atoms with Crippen molar-refractivity contribution in [3.63, 3.8) is 0 Å². The van der Waals surface area contributed by atoms with Crippen LogP contribution in [0.2, 0.25) is 0 Å². The van der Waals surface area contributed by atoms with Crippen molar-refractivity contribution in [2.24, 2.45) is 11.7 Å². The number of hydrogen-bond donors (Lipinski definition) is 3. The zero-order valence-corrected chi connectivity index (χ0v) is 14.7. The van der Waals surface area contributed by atoms with E-state index in [0.717, 1.165) is 16.6 Å². The largest absolute Gasteiger partial charge is 0.506 e. The zero-order valence-electron chi connectivity index (χ0n) is 14.7. The number of aryl methyl sites for hydroxylation is 1. The number of aromatic hydroxyl groups is 1. The van der Waals surface area contributed by atoms with Crippen LogP contribution in [0.25, 0.3) is 10.9 Å². The number of phenolic OH excluding ortho intramolecular Hbond substituents is 1. The number of primary amides is 1. The summed E-state index contributed by atoms with van der Waals surface area (Å²) in [6.45, 7) is 1.99. The van der Waals surface area contributed by atoms with E-state index in [-0.39, 0.29) is 30.3 Å². The minimum Gasteiger partial charge on any atom is -0.506 e. The molecule has 0 unspecified atom stereocenters. The van der Waals surface area contributed by atoms with Crippen molar-refractivity contribution >= 4 is 22.9 Å². The van der Waals surface area contributed by atoms with Crippen molar-refractivity contribution in [2.75, 3.05) is 0 Å². The second-order valence-corrected chi connectivity index (χ2v) is 6.76. The number of esters is 1. The van der Waals surface area contributed by atoms with Gasteiger partial charge in [0.25, 0.3) is 0 Å². The lowest BCUT2D eigenvalue weighted by atomic mass is 9.86. The third-order valence-electron chi connectivity index (χ3n) is 4.84. The van der Waals surface area contributed by atoms with Crippen LogP contribution in [-0.4, -0.2) is 28.1 Å². The number of nitrogens with zero attached hydrogens (tertiary/aromatic N) is 1. The molecule has 1 fully saturated rings. The Bertz CT molecular complexity index is 829. The lowest BCUT2D eigenvalue weighted by Crippen LogP contribution is -2.41. The molecular formula is C19H23N3O4. The highest BCUT2D eigenvalue weighted by molar-refractivity contribution is 5.87. The van der Waals surface area contributed by atoms with Gasteiger partial charge >= 0.3 is 12.0 Å². The van der Waals surface area contributed by atoms with E-state index >= 15 is 0 Å². The molecule has 1 aliphatic carbocycles. The van der Waals surface area contributed by atoms with Crippen LogP contribution in [-0.2, 0) is 16.1 Å². The molecule has 1 heterocycles. The number of phenols is 1. The normalized spacial score (nSPS) is 19.9. The summed E-state index contributed by atoms with van der Waals surface area (Å²) < 4.78 is 5.50. The average Bonchev–Trinajstić information content (AvgIpc) is 2.61. The lowest BCUT2D eigenvalue weighted by Gasteiger charge is -2.27. The number of ether oxygens (including phenoxy) is 1. The van der Waals surface area contributed by atoms with E-state index in [9.17, 15) is 14.7 Å². The van der Waals surface area contributed by atoms with Gasteiger partial charge in [-0.15, -0.1) is 0 Å². The molecule has 0 bridgehead atoms. The predicted octanol–water partition coefficient (Wildman–Crippen LogP) is 2.52. The fourth-order valence-electron chi connectivity index (χ4n) is 3.43. The molecule has 0 aliphatic heterocycles. The first kappa shape index (κ1) is 18.0. The van der Waals surface area contributed by atoms with Gasteiger partial charge in [-0.1, -0.05) is 12.1 Å². The number of carbonyl (C=O) groups is 2. The monoisotopic (exact) mass is 357 g/mol. The number of fused-ring (bicyclic) bond motifs is 1. The quantitative estimate of drug-likeness (QED) is 0.727. The van der Waals surface area contributed by atoms with Crippen LogP contribution in [0.1, 0.15) is 36.9 Å². The lowest BCUT2D eigenvalue weighted by molar-refractivity contribution is -0.151. The highest BCUT2D eigenvalue weighted by Gasteiger charge is 2.28. The Morgan fingerprint density at radius 2 is 1.96 bits per heavy atom. The van der Waals surface area contributed by atoms with Crippen LogP contribution in [0.3, 0.4) is 0 Å². The summed E-state index contributed by atoms with van der Waals surface area (Å²) in [5.41, 5.74) is 7.26. The maximum Gasteiger partial charge on any atom is 0.312 e. The van der Waals surface area contributed by atoms with Crippen molar-refractivity contribution < 1.29 is 19.4 Å². The molecule has 0 radical (unpaired) electrons. The number of rotatable bonds is 4. The molecule has 7 heteroatoms. The topological polar surface area (TPSA) is 115 Å². The van der Waals surface area contributed by atoms with Crippen molar-refractivity contribution in [3.05, 3.63) is 35.5 Å². The van der Waals surface area contributed by atoms with Gasteiger partial charge in [-0.25, -0.2) is 9.78 Å². The van der Waals surface area contributed by atoms with Crippen molar-refractivity contribution in [1.82, 2.24) is 10.3 Å². The van der Waals surface area contributed by atoms with E-state index in [1.807, 2.05) is 19.1 Å². The van der Waals surface area contributed by atoms with Crippen LogP contribution in [0.4, 0.5) is 4.79 Å². The Labute approximate surface area is 151 Å². The Morgan fingerprint density at radius 1 is 1.23 bits per heavy atom. The molecule has 0 saturated heterocycles. The molecule has 7 nitrogen and oxygen atoms in total. The minimum atomic E-state index is -0.529. The van der Waals surface area contributed by atoms with Crippen molar-refractivity contribution in [3.8, 4) is 5.75 Å². The number of aromatic nitrogens is 1. The summed E-state index contributed by atoms with van der Waals surface area (Å²) in [4.78, 5) is 27.6. The summed E-state index contributed by atoms with van der Waals surface area (Å²) in [6, 6.07) is 6.56. The molecule has 3 rings (SSSR count). The van der Waals surface area contributed by atoms with E-state index in [1.165, 1.54) is 0 Å². The Morgan fingerprint density at radius 3 is 2.65 bits per heavy atom. The Hall–Kier alpha value is -2.83. The van der Waals surface area contributed by atoms with E-state index in [1.54, 1.807) is 12.1 Å². The van der Waals surface area contributed by atoms with Gasteiger partial charge in [-0.3, -0.25) is 4.79 Å². The number of pyridine rings is 1. The van der Waals surface area contributed by atoms with Gasteiger partial charge in [0.1, 0.15) is 17.9 Å². The third-order valence-corrected chi connectivity index (χ3v) is 4.84. The first-order valence-corrected chi connectivity index (χ1v) is 8.75. The molecular weight excluding hydrogens is 334 g/mol. The maximum absolute atomic E-state index is 12.4. The van der Waals surface area contributed by atoms with Crippen molar-refractivity contribution in [2.45, 2.75) is 45.3 Å². The van der Waals surface area contributed by atoms with Crippen LogP contribution >= 0.6 is 0 Å². The zero-order chi connectivity index (χ0) is 18.7. The highest BCUT2D eigenvalue weighted by atomic mass is 16.5. The number of hydrogen-bond acceptors (Lipinski definition) is 5. The van der Waals surface area contributed by atoms with Gasteiger partial charge < -0.3 is 20.9 Å². The number of amides is 2. The molecule has 1 saturated carbocycles. The maximum atomic E-state index is 12.4. The van der Waals surface area contributed by atoms with Crippen LogP contribution < -0.4 is 11.1 Å². The molecule has 1 aliphatic rings. The van der Waals surface area contributed by atoms with Gasteiger partial charge in [-0.2, -0.15) is 0 Å². The van der Waals surface area contributed by atoms with E-state index < -0.39 is 6.03 Å².